The zero-order chi connectivity index (χ0) is 12.4. The molecule has 90 valence electrons. The topological polar surface area (TPSA) is 41.5 Å². The zero-order valence-electron chi connectivity index (χ0n) is 9.90. The van der Waals surface area contributed by atoms with Gasteiger partial charge in [0, 0.05) is 6.42 Å². The molecule has 0 radical (unpaired) electrons. The summed E-state index contributed by atoms with van der Waals surface area (Å²) in [6.45, 7) is 3.93. The average molecular weight is 234 g/mol. The van der Waals surface area contributed by atoms with E-state index in [0.717, 1.165) is 5.56 Å². The highest BCUT2D eigenvalue weighted by molar-refractivity contribution is 6.06. The Kier molecular flexibility index (Phi) is 3.22. The maximum atomic E-state index is 12.7. The van der Waals surface area contributed by atoms with Crippen LogP contribution in [0.25, 0.3) is 0 Å². The van der Waals surface area contributed by atoms with Crippen LogP contribution in [0.3, 0.4) is 0 Å². The molecule has 1 aliphatic rings. The minimum Gasteiger partial charge on any atom is -0.312 e. The van der Waals surface area contributed by atoms with Crippen LogP contribution in [0.5, 0.6) is 0 Å². The third-order valence-electron chi connectivity index (χ3n) is 2.75. The highest BCUT2D eigenvalue weighted by Gasteiger charge is 2.28. The van der Waals surface area contributed by atoms with Gasteiger partial charge in [0.2, 0.25) is 5.91 Å². The molecule has 1 amide bonds. The first-order valence-electron chi connectivity index (χ1n) is 5.68. The van der Waals surface area contributed by atoms with Gasteiger partial charge in [-0.05, 0) is 23.6 Å². The largest absolute Gasteiger partial charge is 0.312 e. The van der Waals surface area contributed by atoms with Crippen LogP contribution in [0.2, 0.25) is 0 Å². The highest BCUT2D eigenvalue weighted by atomic mass is 19.1. The molecule has 1 unspecified atom stereocenters. The summed E-state index contributed by atoms with van der Waals surface area (Å²) in [5, 5.41) is 2.77. The number of benzene rings is 1. The lowest BCUT2D eigenvalue weighted by atomic mass is 10.1. The van der Waals surface area contributed by atoms with Gasteiger partial charge in [-0.15, -0.1) is 0 Å². The van der Waals surface area contributed by atoms with Gasteiger partial charge in [-0.2, -0.15) is 0 Å². The van der Waals surface area contributed by atoms with E-state index in [-0.39, 0.29) is 23.7 Å². The summed E-state index contributed by atoms with van der Waals surface area (Å²) in [7, 11) is 0. The summed E-state index contributed by atoms with van der Waals surface area (Å²) >= 11 is 0. The van der Waals surface area contributed by atoms with E-state index in [1.54, 1.807) is 12.1 Å². The predicted octanol–water partition coefficient (Wildman–Crippen LogP) is 1.92. The van der Waals surface area contributed by atoms with Crippen LogP contribution in [-0.2, 0) is 11.2 Å². The zero-order valence-corrected chi connectivity index (χ0v) is 9.90. The number of carbonyl (C=O) groups excluding carboxylic acids is 1. The number of rotatable bonds is 3. The van der Waals surface area contributed by atoms with Gasteiger partial charge < -0.3 is 5.32 Å². The van der Waals surface area contributed by atoms with Gasteiger partial charge in [-0.3, -0.25) is 9.79 Å². The summed E-state index contributed by atoms with van der Waals surface area (Å²) in [6.07, 6.45) is 0.537. The molecule has 0 saturated heterocycles. The molecule has 1 N–H and O–H groups in total. The molecule has 1 aliphatic heterocycles. The Morgan fingerprint density at radius 1 is 1.35 bits per heavy atom. The van der Waals surface area contributed by atoms with E-state index < -0.39 is 0 Å². The summed E-state index contributed by atoms with van der Waals surface area (Å²) in [6, 6.07) is 5.93. The van der Waals surface area contributed by atoms with Crippen molar-refractivity contribution in [2.45, 2.75) is 26.3 Å². The van der Waals surface area contributed by atoms with Gasteiger partial charge >= 0.3 is 0 Å². The standard InChI is InChI=1S/C13H15FN2O/c1-8(2)12-13(17)16-11(15-12)7-9-3-5-10(14)6-4-9/h3-6,8,12H,7H2,1-2H3,(H,15,16,17). The molecule has 0 spiro atoms. The first-order chi connectivity index (χ1) is 8.06. The van der Waals surface area contributed by atoms with Crippen LogP contribution in [-0.4, -0.2) is 17.8 Å². The number of nitrogens with one attached hydrogen (secondary N) is 1. The van der Waals surface area contributed by atoms with Crippen LogP contribution in [0, 0.1) is 11.7 Å². The number of nitrogens with zero attached hydrogens (tertiary/aromatic N) is 1. The minimum absolute atomic E-state index is 0.0443. The number of carbonyl (C=O) groups is 1. The molecule has 0 fully saturated rings. The third kappa shape index (κ3) is 2.70. The van der Waals surface area contributed by atoms with Crippen LogP contribution in [0.4, 0.5) is 4.39 Å². The molecule has 4 heteroatoms. The molecule has 3 nitrogen and oxygen atoms in total. The number of aliphatic imine (C=N–C) groups is 1. The molecule has 0 aromatic heterocycles. The lowest BCUT2D eigenvalue weighted by molar-refractivity contribution is -0.120. The quantitative estimate of drug-likeness (QED) is 0.853. The molecule has 0 saturated carbocycles. The van der Waals surface area contributed by atoms with Crippen molar-refractivity contribution in [1.29, 1.82) is 0 Å². The molecule has 17 heavy (non-hydrogen) atoms. The minimum atomic E-state index is -0.287. The van der Waals surface area contributed by atoms with Crippen molar-refractivity contribution in [3.8, 4) is 0 Å². The molecule has 1 aromatic carbocycles. The van der Waals surface area contributed by atoms with Crippen LogP contribution < -0.4 is 5.32 Å². The lowest BCUT2D eigenvalue weighted by Gasteiger charge is -2.06. The van der Waals surface area contributed by atoms with Crippen molar-refractivity contribution in [3.05, 3.63) is 35.6 Å². The fraction of sp³-hybridized carbons (Fsp3) is 0.385. The highest BCUT2D eigenvalue weighted by Crippen LogP contribution is 2.13. The van der Waals surface area contributed by atoms with E-state index in [1.165, 1.54) is 12.1 Å². The van der Waals surface area contributed by atoms with Gasteiger partial charge in [0.1, 0.15) is 17.7 Å². The molecule has 1 aromatic rings. The van der Waals surface area contributed by atoms with E-state index in [2.05, 4.69) is 10.3 Å². The lowest BCUT2D eigenvalue weighted by Crippen LogP contribution is -2.31. The molecule has 1 heterocycles. The summed E-state index contributed by atoms with van der Waals surface area (Å²) < 4.78 is 12.7. The normalized spacial score (nSPS) is 19.4. The Balaban J connectivity index is 2.08. The monoisotopic (exact) mass is 234 g/mol. The number of amidine groups is 1. The van der Waals surface area contributed by atoms with Crippen molar-refractivity contribution in [2.24, 2.45) is 10.9 Å². The second-order valence-electron chi connectivity index (χ2n) is 4.56. The fourth-order valence-electron chi connectivity index (χ4n) is 1.81. The smallest absolute Gasteiger partial charge is 0.250 e. The van der Waals surface area contributed by atoms with Crippen molar-refractivity contribution < 1.29 is 9.18 Å². The second-order valence-corrected chi connectivity index (χ2v) is 4.56. The first kappa shape index (κ1) is 11.8. The Hall–Kier alpha value is -1.71. The molecule has 1 atom stereocenters. The van der Waals surface area contributed by atoms with E-state index in [4.69, 9.17) is 0 Å². The van der Waals surface area contributed by atoms with E-state index in [9.17, 15) is 9.18 Å². The van der Waals surface area contributed by atoms with Crippen LogP contribution in [0.15, 0.2) is 29.3 Å². The van der Waals surface area contributed by atoms with Crippen LogP contribution >= 0.6 is 0 Å². The Bertz CT molecular complexity index is 451. The van der Waals surface area contributed by atoms with Gasteiger partial charge in [0.05, 0.1) is 0 Å². The Morgan fingerprint density at radius 2 is 2.00 bits per heavy atom. The summed E-state index contributed by atoms with van der Waals surface area (Å²) in [5.74, 6) is 0.560. The number of halogens is 1. The van der Waals surface area contributed by atoms with Crippen LogP contribution in [0.1, 0.15) is 19.4 Å². The van der Waals surface area contributed by atoms with Crippen molar-refractivity contribution >= 4 is 11.7 Å². The third-order valence-corrected chi connectivity index (χ3v) is 2.75. The first-order valence-corrected chi connectivity index (χ1v) is 5.68. The van der Waals surface area contributed by atoms with E-state index >= 15 is 0 Å². The van der Waals surface area contributed by atoms with Gasteiger partial charge in [-0.25, -0.2) is 4.39 Å². The SMILES string of the molecule is CC(C)C1N=C(Cc2ccc(F)cc2)NC1=O. The van der Waals surface area contributed by atoms with E-state index in [0.29, 0.717) is 12.3 Å². The second kappa shape index (κ2) is 4.65. The van der Waals surface area contributed by atoms with Crippen molar-refractivity contribution in [1.82, 2.24) is 5.32 Å². The maximum absolute atomic E-state index is 12.7. The maximum Gasteiger partial charge on any atom is 0.250 e. The van der Waals surface area contributed by atoms with E-state index in [1.807, 2.05) is 13.8 Å². The number of amides is 1. The Labute approximate surface area is 99.8 Å². The molecule has 0 bridgehead atoms. The van der Waals surface area contributed by atoms with Gasteiger partial charge in [-0.1, -0.05) is 26.0 Å². The van der Waals surface area contributed by atoms with Crippen molar-refractivity contribution in [3.63, 3.8) is 0 Å². The Morgan fingerprint density at radius 3 is 2.53 bits per heavy atom. The summed E-state index contributed by atoms with van der Waals surface area (Å²) in [4.78, 5) is 15.9. The number of hydrogen-bond acceptors (Lipinski definition) is 2. The number of hydrogen-bond donors (Lipinski definition) is 1. The summed E-state index contributed by atoms with van der Waals surface area (Å²) in [5.41, 5.74) is 0.940. The average Bonchev–Trinajstić information content (AvgIpc) is 2.63. The molecular weight excluding hydrogens is 219 g/mol. The molecular formula is C13H15FN2O. The fourth-order valence-corrected chi connectivity index (χ4v) is 1.81. The molecule has 0 aliphatic carbocycles. The van der Waals surface area contributed by atoms with Crippen molar-refractivity contribution in [2.75, 3.05) is 0 Å². The van der Waals surface area contributed by atoms with Gasteiger partial charge in [0.15, 0.2) is 0 Å². The molecule has 2 rings (SSSR count). The van der Waals surface area contributed by atoms with Gasteiger partial charge in [0.25, 0.3) is 0 Å². The predicted molar refractivity (Wildman–Crippen MR) is 64.3 cm³/mol.